The van der Waals surface area contributed by atoms with Crippen molar-refractivity contribution in [1.82, 2.24) is 20.0 Å². The molecule has 2 saturated heterocycles. The number of ether oxygens (including phenoxy) is 1. The highest BCUT2D eigenvalue weighted by atomic mass is 16.5. The van der Waals surface area contributed by atoms with Gasteiger partial charge in [0.15, 0.2) is 5.96 Å². The summed E-state index contributed by atoms with van der Waals surface area (Å²) < 4.78 is 5.74. The first kappa shape index (κ1) is 23.4. The normalized spacial score (nSPS) is 17.8. The molecule has 2 fully saturated rings. The Hall–Kier alpha value is -2.28. The number of hydrogen-bond donors (Lipinski definition) is 1. The van der Waals surface area contributed by atoms with Crippen molar-refractivity contribution in [2.24, 2.45) is 4.99 Å². The Bertz CT molecular complexity index is 710. The highest BCUT2D eigenvalue weighted by molar-refractivity contribution is 5.80. The van der Waals surface area contributed by atoms with Crippen molar-refractivity contribution < 1.29 is 9.53 Å². The molecular formula is C24H39N5O2. The van der Waals surface area contributed by atoms with Gasteiger partial charge in [-0.1, -0.05) is 19.1 Å². The quantitative estimate of drug-likeness (QED) is 0.482. The number of nitrogens with one attached hydrogen (secondary N) is 1. The van der Waals surface area contributed by atoms with Gasteiger partial charge in [-0.15, -0.1) is 0 Å². The van der Waals surface area contributed by atoms with Crippen molar-refractivity contribution >= 4 is 11.9 Å². The zero-order valence-electron chi connectivity index (χ0n) is 19.3. The van der Waals surface area contributed by atoms with Crippen LogP contribution in [0.2, 0.25) is 0 Å². The second-order valence-electron chi connectivity index (χ2n) is 8.33. The van der Waals surface area contributed by atoms with Crippen molar-refractivity contribution in [3.8, 4) is 5.75 Å². The maximum Gasteiger partial charge on any atom is 0.236 e. The summed E-state index contributed by atoms with van der Waals surface area (Å²) in [7, 11) is 0. The first-order chi connectivity index (χ1) is 15.2. The number of nitrogens with zero attached hydrogens (tertiary/aromatic N) is 4. The average Bonchev–Trinajstić information content (AvgIpc) is 3.33. The molecule has 2 heterocycles. The van der Waals surface area contributed by atoms with Crippen molar-refractivity contribution in [3.05, 3.63) is 29.8 Å². The summed E-state index contributed by atoms with van der Waals surface area (Å²) in [6.45, 7) is 12.6. The fourth-order valence-corrected chi connectivity index (χ4v) is 4.10. The summed E-state index contributed by atoms with van der Waals surface area (Å²) in [5.74, 6) is 2.21. The third-order valence-corrected chi connectivity index (χ3v) is 5.86. The standard InChI is InChI=1S/C24H39N5O2/c1-3-18-31-22-9-7-8-21(19-22)10-11-26-24(25-4-2)29-16-14-27(15-17-29)20-23(30)28-12-5-6-13-28/h7-9,19H,3-6,10-18,20H2,1-2H3,(H,25,26). The van der Waals surface area contributed by atoms with Crippen molar-refractivity contribution in [2.75, 3.05) is 65.5 Å². The van der Waals surface area contributed by atoms with Crippen LogP contribution >= 0.6 is 0 Å². The lowest BCUT2D eigenvalue weighted by Gasteiger charge is -2.36. The molecule has 0 aromatic heterocycles. The Labute approximate surface area is 187 Å². The van der Waals surface area contributed by atoms with Gasteiger partial charge in [-0.25, -0.2) is 0 Å². The Balaban J connectivity index is 1.46. The number of carbonyl (C=O) groups is 1. The van der Waals surface area contributed by atoms with Crippen LogP contribution in [0.15, 0.2) is 29.3 Å². The van der Waals surface area contributed by atoms with Crippen LogP contribution in [0.5, 0.6) is 5.75 Å². The molecule has 7 heteroatoms. The molecule has 2 aliphatic heterocycles. The molecule has 1 N–H and O–H groups in total. The number of rotatable bonds is 9. The molecule has 1 amide bonds. The van der Waals surface area contributed by atoms with E-state index >= 15 is 0 Å². The smallest absolute Gasteiger partial charge is 0.236 e. The molecule has 0 radical (unpaired) electrons. The molecule has 2 aliphatic rings. The van der Waals surface area contributed by atoms with Crippen molar-refractivity contribution in [2.45, 2.75) is 39.5 Å². The van der Waals surface area contributed by atoms with Gasteiger partial charge in [-0.05, 0) is 50.3 Å². The van der Waals surface area contributed by atoms with Crippen LogP contribution in [-0.4, -0.2) is 92.1 Å². The fourth-order valence-electron chi connectivity index (χ4n) is 4.10. The number of amides is 1. The topological polar surface area (TPSA) is 60.4 Å². The summed E-state index contributed by atoms with van der Waals surface area (Å²) in [5, 5.41) is 3.44. The van der Waals surface area contributed by atoms with Gasteiger partial charge in [0.1, 0.15) is 5.75 Å². The third kappa shape index (κ3) is 7.42. The van der Waals surface area contributed by atoms with E-state index in [1.807, 2.05) is 11.0 Å². The van der Waals surface area contributed by atoms with Crippen LogP contribution in [0.4, 0.5) is 0 Å². The molecular weight excluding hydrogens is 390 g/mol. The van der Waals surface area contributed by atoms with Crippen LogP contribution in [0.25, 0.3) is 0 Å². The Morgan fingerprint density at radius 2 is 1.84 bits per heavy atom. The molecule has 0 saturated carbocycles. The highest BCUT2D eigenvalue weighted by Gasteiger charge is 2.24. The van der Waals surface area contributed by atoms with Gasteiger partial charge in [0, 0.05) is 52.4 Å². The number of carbonyl (C=O) groups excluding carboxylic acids is 1. The van der Waals surface area contributed by atoms with E-state index in [4.69, 9.17) is 9.73 Å². The predicted octanol–water partition coefficient (Wildman–Crippen LogP) is 2.22. The molecule has 0 spiro atoms. The third-order valence-electron chi connectivity index (χ3n) is 5.86. The molecule has 0 atom stereocenters. The number of benzene rings is 1. The molecule has 1 aromatic carbocycles. The largest absolute Gasteiger partial charge is 0.494 e. The van der Waals surface area contributed by atoms with Crippen LogP contribution in [0, 0.1) is 0 Å². The van der Waals surface area contributed by atoms with E-state index in [0.717, 1.165) is 96.4 Å². The monoisotopic (exact) mass is 429 g/mol. The molecule has 172 valence electrons. The second kappa shape index (κ2) is 12.5. The van der Waals surface area contributed by atoms with Gasteiger partial charge in [0.25, 0.3) is 0 Å². The van der Waals surface area contributed by atoms with E-state index in [9.17, 15) is 4.79 Å². The lowest BCUT2D eigenvalue weighted by atomic mass is 10.1. The number of likely N-dealkylation sites (tertiary alicyclic amines) is 1. The number of hydrogen-bond acceptors (Lipinski definition) is 4. The van der Waals surface area contributed by atoms with Crippen molar-refractivity contribution in [3.63, 3.8) is 0 Å². The molecule has 1 aromatic rings. The number of aliphatic imine (C=N–C) groups is 1. The summed E-state index contributed by atoms with van der Waals surface area (Å²) in [6.07, 6.45) is 4.21. The van der Waals surface area contributed by atoms with Gasteiger partial charge in [0.2, 0.25) is 5.91 Å². The predicted molar refractivity (Wildman–Crippen MR) is 126 cm³/mol. The maximum absolute atomic E-state index is 12.4. The molecule has 0 aliphatic carbocycles. The molecule has 3 rings (SSSR count). The molecule has 7 nitrogen and oxygen atoms in total. The molecule has 0 bridgehead atoms. The van der Waals surface area contributed by atoms with Crippen LogP contribution in [0.3, 0.4) is 0 Å². The van der Waals surface area contributed by atoms with E-state index < -0.39 is 0 Å². The molecule has 31 heavy (non-hydrogen) atoms. The average molecular weight is 430 g/mol. The van der Waals surface area contributed by atoms with Gasteiger partial charge < -0.3 is 19.9 Å². The van der Waals surface area contributed by atoms with E-state index in [1.54, 1.807) is 0 Å². The SMILES string of the molecule is CCCOc1cccc(CCN=C(NCC)N2CCN(CC(=O)N3CCCC3)CC2)c1. The second-order valence-corrected chi connectivity index (χ2v) is 8.33. The summed E-state index contributed by atoms with van der Waals surface area (Å²) in [4.78, 5) is 23.9. The van der Waals surface area contributed by atoms with Crippen LogP contribution < -0.4 is 10.1 Å². The fraction of sp³-hybridized carbons (Fsp3) is 0.667. The Kier molecular flexibility index (Phi) is 9.46. The lowest BCUT2D eigenvalue weighted by Crippen LogP contribution is -2.54. The van der Waals surface area contributed by atoms with E-state index in [2.05, 4.69) is 47.2 Å². The summed E-state index contributed by atoms with van der Waals surface area (Å²) in [6, 6.07) is 8.32. The minimum atomic E-state index is 0.289. The first-order valence-corrected chi connectivity index (χ1v) is 11.9. The zero-order valence-corrected chi connectivity index (χ0v) is 19.3. The maximum atomic E-state index is 12.4. The van der Waals surface area contributed by atoms with Crippen LogP contribution in [-0.2, 0) is 11.2 Å². The van der Waals surface area contributed by atoms with E-state index in [-0.39, 0.29) is 5.91 Å². The lowest BCUT2D eigenvalue weighted by molar-refractivity contribution is -0.131. The van der Waals surface area contributed by atoms with Crippen molar-refractivity contribution in [1.29, 1.82) is 0 Å². The van der Waals surface area contributed by atoms with E-state index in [1.165, 1.54) is 5.56 Å². The minimum Gasteiger partial charge on any atom is -0.494 e. The Morgan fingerprint density at radius 3 is 2.55 bits per heavy atom. The summed E-state index contributed by atoms with van der Waals surface area (Å²) >= 11 is 0. The van der Waals surface area contributed by atoms with Gasteiger partial charge in [-0.2, -0.15) is 0 Å². The number of piperazine rings is 1. The minimum absolute atomic E-state index is 0.289. The molecule has 0 unspecified atom stereocenters. The van der Waals surface area contributed by atoms with E-state index in [0.29, 0.717) is 6.54 Å². The van der Waals surface area contributed by atoms with Gasteiger partial charge in [0.05, 0.1) is 13.2 Å². The zero-order chi connectivity index (χ0) is 21.9. The van der Waals surface area contributed by atoms with Gasteiger partial charge >= 0.3 is 0 Å². The first-order valence-electron chi connectivity index (χ1n) is 11.9. The highest BCUT2D eigenvalue weighted by Crippen LogP contribution is 2.14. The van der Waals surface area contributed by atoms with Gasteiger partial charge in [-0.3, -0.25) is 14.7 Å². The van der Waals surface area contributed by atoms with Crippen LogP contribution in [0.1, 0.15) is 38.7 Å². The summed E-state index contributed by atoms with van der Waals surface area (Å²) in [5.41, 5.74) is 1.25. The number of guanidine groups is 1. The Morgan fingerprint density at radius 1 is 1.06 bits per heavy atom.